The van der Waals surface area contributed by atoms with E-state index in [1.54, 1.807) is 0 Å². The Bertz CT molecular complexity index is 814. The van der Waals surface area contributed by atoms with Crippen molar-refractivity contribution in [2.45, 2.75) is 37.9 Å². The number of β-amino-alcohol motifs (C(OH)–C–C–N with tert-alkyl or cyclic N) is 1. The summed E-state index contributed by atoms with van der Waals surface area (Å²) in [5, 5.41) is 21.9. The van der Waals surface area contributed by atoms with Gasteiger partial charge in [-0.3, -0.25) is 0 Å². The van der Waals surface area contributed by atoms with Crippen molar-refractivity contribution in [3.05, 3.63) is 59.2 Å². The van der Waals surface area contributed by atoms with Gasteiger partial charge >= 0.3 is 0 Å². The first-order valence-corrected chi connectivity index (χ1v) is 10.1. The lowest BCUT2D eigenvalue weighted by Crippen LogP contribution is -2.44. The van der Waals surface area contributed by atoms with Crippen molar-refractivity contribution in [2.75, 3.05) is 32.8 Å². The second-order valence-corrected chi connectivity index (χ2v) is 7.92. The number of rotatable bonds is 4. The molecule has 0 unspecified atom stereocenters. The second-order valence-electron chi connectivity index (χ2n) is 7.92. The van der Waals surface area contributed by atoms with Gasteiger partial charge in [0.15, 0.2) is 11.5 Å². The number of aryl methyl sites for hydroxylation is 1. The molecular formula is C23H29NO4. The molecular weight excluding hydrogens is 354 g/mol. The average Bonchev–Trinajstić information content (AvgIpc) is 2.95. The van der Waals surface area contributed by atoms with Gasteiger partial charge in [0.2, 0.25) is 0 Å². The molecule has 1 fully saturated rings. The normalized spacial score (nSPS) is 20.4. The first-order valence-electron chi connectivity index (χ1n) is 10.1. The van der Waals surface area contributed by atoms with Gasteiger partial charge in [-0.05, 0) is 48.6 Å². The largest absolute Gasteiger partial charge is 0.490 e. The lowest BCUT2D eigenvalue weighted by atomic mass is 9.82. The SMILES string of the molecule is Cc1ccccc1C1(O)CCN(C[C@H](O)c2ccc3c(c2)OCCCO3)CC1. The molecule has 0 aromatic heterocycles. The van der Waals surface area contributed by atoms with Crippen LogP contribution in [0.5, 0.6) is 11.5 Å². The Hall–Kier alpha value is -2.08. The van der Waals surface area contributed by atoms with Gasteiger partial charge in [-0.15, -0.1) is 0 Å². The highest BCUT2D eigenvalue weighted by Crippen LogP contribution is 2.36. The van der Waals surface area contributed by atoms with Crippen molar-refractivity contribution in [1.82, 2.24) is 4.90 Å². The molecule has 1 saturated heterocycles. The van der Waals surface area contributed by atoms with E-state index in [0.29, 0.717) is 38.3 Å². The smallest absolute Gasteiger partial charge is 0.161 e. The van der Waals surface area contributed by atoms with Gasteiger partial charge in [-0.1, -0.05) is 30.3 Å². The van der Waals surface area contributed by atoms with E-state index in [9.17, 15) is 10.2 Å². The second kappa shape index (κ2) is 8.11. The molecule has 4 rings (SSSR count). The maximum absolute atomic E-state index is 11.1. The number of benzene rings is 2. The molecule has 5 nitrogen and oxygen atoms in total. The monoisotopic (exact) mass is 383 g/mol. The Kier molecular flexibility index (Phi) is 5.58. The summed E-state index contributed by atoms with van der Waals surface area (Å²) in [5.41, 5.74) is 2.22. The fraction of sp³-hybridized carbons (Fsp3) is 0.478. The van der Waals surface area contributed by atoms with Crippen molar-refractivity contribution >= 4 is 0 Å². The molecule has 150 valence electrons. The van der Waals surface area contributed by atoms with E-state index in [2.05, 4.69) is 4.90 Å². The molecule has 0 spiro atoms. The fourth-order valence-electron chi connectivity index (χ4n) is 4.21. The maximum Gasteiger partial charge on any atom is 0.161 e. The topological polar surface area (TPSA) is 62.2 Å². The van der Waals surface area contributed by atoms with Crippen LogP contribution in [0.4, 0.5) is 0 Å². The average molecular weight is 383 g/mol. The van der Waals surface area contributed by atoms with Gasteiger partial charge in [0, 0.05) is 26.1 Å². The van der Waals surface area contributed by atoms with E-state index in [4.69, 9.17) is 9.47 Å². The molecule has 2 aliphatic heterocycles. The Morgan fingerprint density at radius 2 is 1.75 bits per heavy atom. The van der Waals surface area contributed by atoms with E-state index < -0.39 is 11.7 Å². The zero-order valence-electron chi connectivity index (χ0n) is 16.4. The minimum atomic E-state index is -0.776. The van der Waals surface area contributed by atoms with Gasteiger partial charge in [0.1, 0.15) is 0 Å². The Labute approximate surface area is 166 Å². The third-order valence-corrected chi connectivity index (χ3v) is 5.92. The number of aliphatic hydroxyl groups excluding tert-OH is 1. The molecule has 2 aliphatic rings. The molecule has 5 heteroatoms. The highest BCUT2D eigenvalue weighted by molar-refractivity contribution is 5.44. The first kappa shape index (κ1) is 19.2. The third-order valence-electron chi connectivity index (χ3n) is 5.92. The van der Waals surface area contributed by atoms with Crippen LogP contribution < -0.4 is 9.47 Å². The van der Waals surface area contributed by atoms with Crippen LogP contribution in [-0.2, 0) is 5.60 Å². The molecule has 0 saturated carbocycles. The summed E-state index contributed by atoms with van der Waals surface area (Å²) in [7, 11) is 0. The van der Waals surface area contributed by atoms with Crippen LogP contribution in [-0.4, -0.2) is 48.0 Å². The highest BCUT2D eigenvalue weighted by atomic mass is 16.5. The molecule has 0 amide bonds. The van der Waals surface area contributed by atoms with Gasteiger partial charge in [-0.25, -0.2) is 0 Å². The van der Waals surface area contributed by atoms with E-state index in [-0.39, 0.29) is 0 Å². The minimum Gasteiger partial charge on any atom is -0.490 e. The lowest BCUT2D eigenvalue weighted by Gasteiger charge is -2.39. The third kappa shape index (κ3) is 4.02. The highest BCUT2D eigenvalue weighted by Gasteiger charge is 2.35. The van der Waals surface area contributed by atoms with Crippen LogP contribution in [0.3, 0.4) is 0 Å². The Morgan fingerprint density at radius 1 is 1.04 bits per heavy atom. The van der Waals surface area contributed by atoms with Gasteiger partial charge < -0.3 is 24.6 Å². The zero-order chi connectivity index (χ0) is 19.6. The molecule has 2 heterocycles. The van der Waals surface area contributed by atoms with Crippen LogP contribution in [0.25, 0.3) is 0 Å². The summed E-state index contributed by atoms with van der Waals surface area (Å²) >= 11 is 0. The molecule has 2 N–H and O–H groups in total. The predicted molar refractivity (Wildman–Crippen MR) is 108 cm³/mol. The van der Waals surface area contributed by atoms with Crippen molar-refractivity contribution in [3.63, 3.8) is 0 Å². The fourth-order valence-corrected chi connectivity index (χ4v) is 4.21. The molecule has 0 aliphatic carbocycles. The summed E-state index contributed by atoms with van der Waals surface area (Å²) in [4.78, 5) is 2.22. The van der Waals surface area contributed by atoms with Crippen LogP contribution >= 0.6 is 0 Å². The number of aliphatic hydroxyl groups is 2. The standard InChI is InChI=1S/C23H29NO4/c1-17-5-2-3-6-19(17)23(26)9-11-24(12-10-23)16-20(25)18-7-8-21-22(15-18)28-14-4-13-27-21/h2-3,5-8,15,20,25-26H,4,9-14,16H2,1H3/t20-/m0/s1. The van der Waals surface area contributed by atoms with Gasteiger partial charge in [-0.2, -0.15) is 0 Å². The van der Waals surface area contributed by atoms with Crippen LogP contribution in [0.2, 0.25) is 0 Å². The van der Waals surface area contributed by atoms with E-state index in [1.165, 1.54) is 0 Å². The lowest BCUT2D eigenvalue weighted by molar-refractivity contribution is -0.0349. The van der Waals surface area contributed by atoms with Gasteiger partial charge in [0.25, 0.3) is 0 Å². The summed E-state index contributed by atoms with van der Waals surface area (Å²) in [6.45, 7) is 5.40. The number of fused-ring (bicyclic) bond motifs is 1. The first-order chi connectivity index (χ1) is 13.5. The van der Waals surface area contributed by atoms with Crippen molar-refractivity contribution in [1.29, 1.82) is 0 Å². The maximum atomic E-state index is 11.1. The Balaban J connectivity index is 1.38. The van der Waals surface area contributed by atoms with E-state index in [1.807, 2.05) is 49.4 Å². The number of likely N-dealkylation sites (tertiary alicyclic amines) is 1. The number of hydrogen-bond acceptors (Lipinski definition) is 5. The number of hydrogen-bond donors (Lipinski definition) is 2. The van der Waals surface area contributed by atoms with E-state index in [0.717, 1.165) is 42.0 Å². The summed E-state index contributed by atoms with van der Waals surface area (Å²) in [5.74, 6) is 1.45. The van der Waals surface area contributed by atoms with Crippen molar-refractivity contribution in [3.8, 4) is 11.5 Å². The number of nitrogens with zero attached hydrogens (tertiary/aromatic N) is 1. The molecule has 0 radical (unpaired) electrons. The minimum absolute atomic E-state index is 0.545. The van der Waals surface area contributed by atoms with Crippen LogP contribution in [0, 0.1) is 6.92 Å². The van der Waals surface area contributed by atoms with Crippen molar-refractivity contribution in [2.24, 2.45) is 0 Å². The van der Waals surface area contributed by atoms with E-state index >= 15 is 0 Å². The van der Waals surface area contributed by atoms with Crippen LogP contribution in [0.15, 0.2) is 42.5 Å². The summed E-state index contributed by atoms with van der Waals surface area (Å²) < 4.78 is 11.4. The Morgan fingerprint density at radius 3 is 2.50 bits per heavy atom. The molecule has 0 bridgehead atoms. The zero-order valence-corrected chi connectivity index (χ0v) is 16.4. The molecule has 2 aromatic rings. The van der Waals surface area contributed by atoms with Gasteiger partial charge in [0.05, 0.1) is 24.9 Å². The van der Waals surface area contributed by atoms with Crippen molar-refractivity contribution < 1.29 is 19.7 Å². The number of piperidine rings is 1. The molecule has 2 aromatic carbocycles. The predicted octanol–water partition coefficient (Wildman–Crippen LogP) is 3.17. The summed E-state index contributed by atoms with van der Waals surface area (Å²) in [6, 6.07) is 13.7. The van der Waals surface area contributed by atoms with Crippen LogP contribution in [0.1, 0.15) is 42.1 Å². The quantitative estimate of drug-likeness (QED) is 0.849. The number of ether oxygens (including phenoxy) is 2. The summed E-state index contributed by atoms with van der Waals surface area (Å²) in [6.07, 6.45) is 1.61. The molecule has 28 heavy (non-hydrogen) atoms. The molecule has 1 atom stereocenters.